The summed E-state index contributed by atoms with van der Waals surface area (Å²) in [5.74, 6) is 1.27. The number of hydrogen-bond donors (Lipinski definition) is 1. The van der Waals surface area contributed by atoms with Crippen LogP contribution in [-0.4, -0.2) is 11.7 Å². The smallest absolute Gasteiger partial charge is 0.227 e. The molecule has 0 saturated heterocycles. The van der Waals surface area contributed by atoms with Crippen LogP contribution in [0.4, 0.5) is 0 Å². The molecule has 82 valence electrons. The van der Waals surface area contributed by atoms with Crippen LogP contribution < -0.4 is 10.2 Å². The van der Waals surface area contributed by atoms with Crippen LogP contribution in [0.15, 0.2) is 21.5 Å². The van der Waals surface area contributed by atoms with E-state index in [0.29, 0.717) is 6.61 Å². The van der Waals surface area contributed by atoms with Crippen molar-refractivity contribution < 1.29 is 14.3 Å². The lowest BCUT2D eigenvalue weighted by atomic mass is 10.3. The maximum Gasteiger partial charge on any atom is 0.227 e. The van der Waals surface area contributed by atoms with Crippen molar-refractivity contribution in [3.8, 4) is 5.75 Å². The Morgan fingerprint density at radius 3 is 2.93 bits per heavy atom. The maximum atomic E-state index is 11.4. The number of aliphatic hydroxyl groups excluding tert-OH is 1. The molecule has 1 heterocycles. The Kier molecular flexibility index (Phi) is 3.06. The van der Waals surface area contributed by atoms with Crippen molar-refractivity contribution in [1.82, 2.24) is 0 Å². The van der Waals surface area contributed by atoms with E-state index >= 15 is 0 Å². The molecule has 4 nitrogen and oxygen atoms in total. The lowest BCUT2D eigenvalue weighted by Crippen LogP contribution is -2.09. The van der Waals surface area contributed by atoms with Gasteiger partial charge in [-0.25, -0.2) is 0 Å². The van der Waals surface area contributed by atoms with Gasteiger partial charge in [0.2, 0.25) is 11.2 Å². The second kappa shape index (κ2) is 4.49. The highest BCUT2D eigenvalue weighted by molar-refractivity contribution is 5.17. The predicted octanol–water partition coefficient (Wildman–Crippen LogP) is 1.31. The molecule has 0 spiro atoms. The molecule has 1 aliphatic rings. The van der Waals surface area contributed by atoms with Gasteiger partial charge < -0.3 is 14.3 Å². The van der Waals surface area contributed by atoms with Gasteiger partial charge in [-0.3, -0.25) is 4.79 Å². The molecule has 0 aliphatic heterocycles. The van der Waals surface area contributed by atoms with Crippen molar-refractivity contribution in [2.24, 2.45) is 5.92 Å². The van der Waals surface area contributed by atoms with Gasteiger partial charge in [0.1, 0.15) is 18.6 Å². The van der Waals surface area contributed by atoms with E-state index in [-0.39, 0.29) is 23.5 Å². The molecule has 1 N–H and O–H groups in total. The Morgan fingerprint density at radius 2 is 2.33 bits per heavy atom. The maximum absolute atomic E-state index is 11.4. The molecule has 0 bridgehead atoms. The third-order valence-corrected chi connectivity index (χ3v) is 2.49. The highest BCUT2D eigenvalue weighted by atomic mass is 16.5. The SMILES string of the molecule is O=c1cc(CO)occ1OCCC1CC1. The van der Waals surface area contributed by atoms with Crippen LogP contribution in [0.2, 0.25) is 0 Å². The van der Waals surface area contributed by atoms with Gasteiger partial charge in [0.15, 0.2) is 0 Å². The molecule has 15 heavy (non-hydrogen) atoms. The summed E-state index contributed by atoms with van der Waals surface area (Å²) in [7, 11) is 0. The van der Waals surface area contributed by atoms with E-state index in [0.717, 1.165) is 12.3 Å². The molecular weight excluding hydrogens is 196 g/mol. The first kappa shape index (κ1) is 10.2. The number of aliphatic hydroxyl groups is 1. The molecule has 0 radical (unpaired) electrons. The molecule has 1 saturated carbocycles. The van der Waals surface area contributed by atoms with E-state index in [1.165, 1.54) is 25.2 Å². The zero-order valence-electron chi connectivity index (χ0n) is 8.44. The summed E-state index contributed by atoms with van der Waals surface area (Å²) in [4.78, 5) is 11.4. The second-order valence-electron chi connectivity index (χ2n) is 3.81. The van der Waals surface area contributed by atoms with Crippen LogP contribution in [0, 0.1) is 5.92 Å². The third kappa shape index (κ3) is 2.83. The third-order valence-electron chi connectivity index (χ3n) is 2.49. The van der Waals surface area contributed by atoms with Crippen molar-refractivity contribution in [1.29, 1.82) is 0 Å². The molecular formula is C11H14O4. The lowest BCUT2D eigenvalue weighted by Gasteiger charge is -2.04. The summed E-state index contributed by atoms with van der Waals surface area (Å²) in [6.45, 7) is 0.297. The first-order chi connectivity index (χ1) is 7.29. The van der Waals surface area contributed by atoms with Gasteiger partial charge in [0.05, 0.1) is 6.61 Å². The van der Waals surface area contributed by atoms with E-state index in [1.54, 1.807) is 0 Å². The molecule has 0 aromatic carbocycles. The zero-order chi connectivity index (χ0) is 10.7. The van der Waals surface area contributed by atoms with Crippen molar-refractivity contribution in [2.75, 3.05) is 6.61 Å². The van der Waals surface area contributed by atoms with Crippen LogP contribution in [0.3, 0.4) is 0 Å². The monoisotopic (exact) mass is 210 g/mol. The summed E-state index contributed by atoms with van der Waals surface area (Å²) in [6.07, 6.45) is 4.82. The Labute approximate surface area is 87.5 Å². The summed E-state index contributed by atoms with van der Waals surface area (Å²) in [5, 5.41) is 8.74. The van der Waals surface area contributed by atoms with Crippen molar-refractivity contribution in [2.45, 2.75) is 25.9 Å². The van der Waals surface area contributed by atoms with Crippen LogP contribution in [-0.2, 0) is 6.61 Å². The van der Waals surface area contributed by atoms with Gasteiger partial charge in [-0.2, -0.15) is 0 Å². The first-order valence-corrected chi connectivity index (χ1v) is 5.15. The quantitative estimate of drug-likeness (QED) is 0.796. The second-order valence-corrected chi connectivity index (χ2v) is 3.81. The number of ether oxygens (including phenoxy) is 1. The van der Waals surface area contributed by atoms with Gasteiger partial charge in [-0.15, -0.1) is 0 Å². The van der Waals surface area contributed by atoms with Crippen LogP contribution in [0.1, 0.15) is 25.0 Å². The zero-order valence-corrected chi connectivity index (χ0v) is 8.44. The average molecular weight is 210 g/mol. The fourth-order valence-corrected chi connectivity index (χ4v) is 1.37. The Hall–Kier alpha value is -1.29. The van der Waals surface area contributed by atoms with E-state index in [4.69, 9.17) is 14.3 Å². The van der Waals surface area contributed by atoms with Crippen molar-refractivity contribution in [3.05, 3.63) is 28.3 Å². The van der Waals surface area contributed by atoms with Crippen LogP contribution >= 0.6 is 0 Å². The molecule has 2 rings (SSSR count). The Morgan fingerprint density at radius 1 is 1.53 bits per heavy atom. The summed E-state index contributed by atoms with van der Waals surface area (Å²) in [6, 6.07) is 1.26. The first-order valence-electron chi connectivity index (χ1n) is 5.15. The standard InChI is InChI=1S/C11H14O4/c12-6-9-5-10(13)11(7-15-9)14-4-3-8-1-2-8/h5,7-8,12H,1-4,6H2. The molecule has 0 atom stereocenters. The van der Waals surface area contributed by atoms with E-state index < -0.39 is 0 Å². The average Bonchev–Trinajstić information content (AvgIpc) is 3.04. The molecule has 1 fully saturated rings. The van der Waals surface area contributed by atoms with E-state index in [1.807, 2.05) is 0 Å². The van der Waals surface area contributed by atoms with Gasteiger partial charge in [0, 0.05) is 6.07 Å². The summed E-state index contributed by atoms with van der Waals surface area (Å²) in [5.41, 5.74) is -0.235. The fraction of sp³-hybridized carbons (Fsp3) is 0.545. The normalized spacial score (nSPS) is 15.3. The minimum atomic E-state index is -0.266. The molecule has 1 aliphatic carbocycles. The molecule has 4 heteroatoms. The van der Waals surface area contributed by atoms with Gasteiger partial charge in [0.25, 0.3) is 0 Å². The summed E-state index contributed by atoms with van der Waals surface area (Å²) >= 11 is 0. The molecule has 0 unspecified atom stereocenters. The minimum Gasteiger partial charge on any atom is -0.487 e. The topological polar surface area (TPSA) is 59.7 Å². The van der Waals surface area contributed by atoms with E-state index in [9.17, 15) is 4.79 Å². The Balaban J connectivity index is 1.92. The summed E-state index contributed by atoms with van der Waals surface area (Å²) < 4.78 is 10.3. The fourth-order valence-electron chi connectivity index (χ4n) is 1.37. The van der Waals surface area contributed by atoms with Gasteiger partial charge >= 0.3 is 0 Å². The van der Waals surface area contributed by atoms with Gasteiger partial charge in [-0.1, -0.05) is 12.8 Å². The van der Waals surface area contributed by atoms with E-state index in [2.05, 4.69) is 0 Å². The highest BCUT2D eigenvalue weighted by Gasteiger charge is 2.20. The molecule has 1 aromatic heterocycles. The van der Waals surface area contributed by atoms with Crippen LogP contribution in [0.25, 0.3) is 0 Å². The van der Waals surface area contributed by atoms with Gasteiger partial charge in [-0.05, 0) is 12.3 Å². The minimum absolute atomic E-state index is 0.229. The molecule has 0 amide bonds. The van der Waals surface area contributed by atoms with Crippen LogP contribution in [0.5, 0.6) is 5.75 Å². The van der Waals surface area contributed by atoms with Crippen molar-refractivity contribution in [3.63, 3.8) is 0 Å². The number of hydrogen-bond acceptors (Lipinski definition) is 4. The van der Waals surface area contributed by atoms with Crippen molar-refractivity contribution >= 4 is 0 Å². The predicted molar refractivity (Wildman–Crippen MR) is 53.7 cm³/mol. The molecule has 1 aromatic rings. The largest absolute Gasteiger partial charge is 0.487 e. The lowest BCUT2D eigenvalue weighted by molar-refractivity contribution is 0.236. The number of rotatable bonds is 5. The Bertz CT molecular complexity index is 378. The highest BCUT2D eigenvalue weighted by Crippen LogP contribution is 2.32.